The lowest BCUT2D eigenvalue weighted by Crippen LogP contribution is -2.52. The summed E-state index contributed by atoms with van der Waals surface area (Å²) < 4.78 is 5.21. The third-order valence-corrected chi connectivity index (χ3v) is 8.71. The summed E-state index contributed by atoms with van der Waals surface area (Å²) in [5.41, 5.74) is 0.406. The quantitative estimate of drug-likeness (QED) is 0.319. The summed E-state index contributed by atoms with van der Waals surface area (Å²) in [5.74, 6) is -1.72. The molecular weight excluding hydrogens is 503 g/mol. The number of ether oxygens (including phenoxy) is 1. The number of Topliss-reactive ketones (excluding diaryl/α,β-unsaturated/α-hetero) is 1. The van der Waals surface area contributed by atoms with Crippen LogP contribution in [0.1, 0.15) is 27.1 Å². The van der Waals surface area contributed by atoms with Gasteiger partial charge in [-0.15, -0.1) is 0 Å². The fraction of sp³-hybridized carbons (Fsp3) is 0.333. The number of benzene rings is 2. The molecule has 6 atom stereocenters. The predicted octanol–water partition coefficient (Wildman–Crippen LogP) is 4.30. The van der Waals surface area contributed by atoms with E-state index in [1.807, 2.05) is 0 Å². The number of imide groups is 1. The van der Waals surface area contributed by atoms with Crippen LogP contribution in [-0.4, -0.2) is 47.2 Å². The van der Waals surface area contributed by atoms with Crippen molar-refractivity contribution >= 4 is 46.7 Å². The van der Waals surface area contributed by atoms with Gasteiger partial charge in [0.2, 0.25) is 0 Å². The minimum atomic E-state index is -0.685. The number of carbonyl (C=O) groups excluding carboxylic acids is 4. The second kappa shape index (κ2) is 8.46. The van der Waals surface area contributed by atoms with Crippen molar-refractivity contribution in [2.75, 3.05) is 13.7 Å². The molecule has 0 radical (unpaired) electrons. The van der Waals surface area contributed by atoms with Crippen LogP contribution in [0.15, 0.2) is 54.6 Å². The second-order valence-electron chi connectivity index (χ2n) is 9.79. The number of hydrazine groups is 1. The van der Waals surface area contributed by atoms with Crippen molar-refractivity contribution in [3.8, 4) is 5.75 Å². The van der Waals surface area contributed by atoms with Gasteiger partial charge in [0.05, 0.1) is 29.0 Å². The highest BCUT2D eigenvalue weighted by Crippen LogP contribution is 2.65. The Balaban J connectivity index is 1.37. The molecule has 1 saturated heterocycles. The van der Waals surface area contributed by atoms with Crippen LogP contribution < -0.4 is 4.74 Å². The van der Waals surface area contributed by atoms with Gasteiger partial charge in [0, 0.05) is 11.1 Å². The number of ketones is 1. The van der Waals surface area contributed by atoms with E-state index in [-0.39, 0.29) is 27.4 Å². The van der Waals surface area contributed by atoms with Crippen LogP contribution in [-0.2, 0) is 9.59 Å². The van der Waals surface area contributed by atoms with E-state index in [1.165, 1.54) is 25.3 Å². The third kappa shape index (κ3) is 3.48. The normalized spacial score (nSPS) is 29.1. The van der Waals surface area contributed by atoms with Gasteiger partial charge in [-0.25, -0.2) is 5.01 Å². The van der Waals surface area contributed by atoms with Crippen molar-refractivity contribution in [2.45, 2.75) is 6.42 Å². The van der Waals surface area contributed by atoms with E-state index >= 15 is 0 Å². The van der Waals surface area contributed by atoms with Crippen molar-refractivity contribution < 1.29 is 23.9 Å². The van der Waals surface area contributed by atoms with Gasteiger partial charge < -0.3 is 4.74 Å². The average molecular weight is 525 g/mol. The maximum absolute atomic E-state index is 13.7. The average Bonchev–Trinajstić information content (AvgIpc) is 3.67. The smallest absolute Gasteiger partial charge is 0.273 e. The summed E-state index contributed by atoms with van der Waals surface area (Å²) >= 11 is 12.2. The van der Waals surface area contributed by atoms with Crippen molar-refractivity contribution in [1.29, 1.82) is 0 Å². The van der Waals surface area contributed by atoms with Gasteiger partial charge in [-0.05, 0) is 60.4 Å². The maximum atomic E-state index is 13.7. The molecule has 5 aliphatic rings. The Morgan fingerprint density at radius 3 is 2.22 bits per heavy atom. The molecule has 184 valence electrons. The van der Waals surface area contributed by atoms with Crippen LogP contribution >= 0.6 is 23.2 Å². The summed E-state index contributed by atoms with van der Waals surface area (Å²) in [5, 5.41) is 2.29. The van der Waals surface area contributed by atoms with Crippen molar-refractivity contribution in [2.24, 2.45) is 35.5 Å². The summed E-state index contributed by atoms with van der Waals surface area (Å²) in [6.45, 7) is -0.501. The molecule has 0 aromatic heterocycles. The zero-order valence-corrected chi connectivity index (χ0v) is 20.8. The van der Waals surface area contributed by atoms with E-state index in [0.717, 1.165) is 16.4 Å². The predicted molar refractivity (Wildman–Crippen MR) is 131 cm³/mol. The molecule has 4 aliphatic carbocycles. The number of allylic oxidation sites excluding steroid dienone is 2. The number of hydrogen-bond acceptors (Lipinski definition) is 5. The van der Waals surface area contributed by atoms with Crippen LogP contribution in [0.5, 0.6) is 5.75 Å². The van der Waals surface area contributed by atoms with E-state index in [2.05, 4.69) is 12.2 Å². The van der Waals surface area contributed by atoms with Gasteiger partial charge in [-0.3, -0.25) is 19.2 Å². The summed E-state index contributed by atoms with van der Waals surface area (Å²) in [6, 6.07) is 10.8. The number of rotatable bonds is 6. The Labute approximate surface area is 217 Å². The molecule has 3 fully saturated rings. The fourth-order valence-corrected chi connectivity index (χ4v) is 6.51. The monoisotopic (exact) mass is 524 g/mol. The van der Waals surface area contributed by atoms with Crippen molar-refractivity contribution in [3.63, 3.8) is 0 Å². The topological polar surface area (TPSA) is 84.0 Å². The first-order chi connectivity index (χ1) is 17.3. The van der Waals surface area contributed by atoms with E-state index < -0.39 is 41.9 Å². The van der Waals surface area contributed by atoms with Crippen LogP contribution in [0.2, 0.25) is 10.0 Å². The summed E-state index contributed by atoms with van der Waals surface area (Å²) in [7, 11) is 1.49. The second-order valence-corrected chi connectivity index (χ2v) is 10.6. The van der Waals surface area contributed by atoms with E-state index in [1.54, 1.807) is 24.3 Å². The largest absolute Gasteiger partial charge is 0.497 e. The van der Waals surface area contributed by atoms with Crippen molar-refractivity contribution in [3.05, 3.63) is 75.8 Å². The van der Waals surface area contributed by atoms with Gasteiger partial charge >= 0.3 is 0 Å². The first-order valence-corrected chi connectivity index (χ1v) is 12.6. The number of nitrogens with zero attached hydrogens (tertiary/aromatic N) is 2. The van der Waals surface area contributed by atoms with Gasteiger partial charge in [-0.2, -0.15) is 5.01 Å². The van der Waals surface area contributed by atoms with Crippen molar-refractivity contribution in [1.82, 2.24) is 10.0 Å². The number of halogens is 2. The molecular formula is C27H22Cl2N2O5. The fourth-order valence-electron chi connectivity index (χ4n) is 6.21. The Hall–Kier alpha value is -3.16. The lowest BCUT2D eigenvalue weighted by molar-refractivity contribution is -0.154. The Morgan fingerprint density at radius 1 is 0.944 bits per heavy atom. The summed E-state index contributed by atoms with van der Waals surface area (Å²) in [4.78, 5) is 54.5. The number of carbonyl (C=O) groups is 4. The Bertz CT molecular complexity index is 1320. The molecule has 2 bridgehead atoms. The third-order valence-electron chi connectivity index (χ3n) is 7.97. The molecule has 7 nitrogen and oxygen atoms in total. The molecule has 9 heteroatoms. The summed E-state index contributed by atoms with van der Waals surface area (Å²) in [6.07, 6.45) is 5.14. The van der Waals surface area contributed by atoms with Gasteiger partial charge in [0.25, 0.3) is 17.7 Å². The highest BCUT2D eigenvalue weighted by atomic mass is 35.5. The molecule has 0 unspecified atom stereocenters. The Kier molecular flexibility index (Phi) is 5.46. The molecule has 7 rings (SSSR count). The molecule has 3 amide bonds. The van der Waals surface area contributed by atoms with Gasteiger partial charge in [-0.1, -0.05) is 47.5 Å². The SMILES string of the molecule is COc1cccc(C(=O)CN(C(=O)c2ccc(Cl)c(Cl)c2)N2C(=O)[C@@H]3[C@H]4C=C[C@@H]([C@@H]5C[C@@H]45)[C@@H]3C2=O)c1. The minimum absolute atomic E-state index is 0.0116. The van der Waals surface area contributed by atoms with Crippen LogP contribution in [0.3, 0.4) is 0 Å². The zero-order valence-electron chi connectivity index (χ0n) is 19.3. The Morgan fingerprint density at radius 2 is 1.61 bits per heavy atom. The molecule has 36 heavy (non-hydrogen) atoms. The van der Waals surface area contributed by atoms with Gasteiger partial charge in [0.15, 0.2) is 5.78 Å². The van der Waals surface area contributed by atoms with E-state index in [4.69, 9.17) is 27.9 Å². The lowest BCUT2D eigenvalue weighted by atomic mass is 9.63. The van der Waals surface area contributed by atoms with Crippen LogP contribution in [0.4, 0.5) is 0 Å². The molecule has 2 saturated carbocycles. The standard InChI is InChI=1S/C27H22Cl2N2O5/c1-36-15-4-2-3-13(9-15)22(32)12-30(25(33)14-5-8-20(28)21(29)10-14)31-26(34)23-16-6-7-17(19-11-18(16)19)24(23)27(31)35/h2-10,16-19,23-24H,11-12H2,1H3/t16-,17-,18-,19-,23-,24+/m0/s1. The van der Waals surface area contributed by atoms with Crippen LogP contribution in [0.25, 0.3) is 0 Å². The van der Waals surface area contributed by atoms with E-state index in [9.17, 15) is 19.2 Å². The highest BCUT2D eigenvalue weighted by Gasteiger charge is 2.68. The molecule has 0 N–H and O–H groups in total. The number of amides is 3. The lowest BCUT2D eigenvalue weighted by Gasteiger charge is -2.37. The first kappa shape index (κ1) is 23.3. The first-order valence-electron chi connectivity index (χ1n) is 11.8. The minimum Gasteiger partial charge on any atom is -0.497 e. The molecule has 1 aliphatic heterocycles. The number of methoxy groups -OCH3 is 1. The van der Waals surface area contributed by atoms with E-state index in [0.29, 0.717) is 23.1 Å². The highest BCUT2D eigenvalue weighted by molar-refractivity contribution is 6.42. The van der Waals surface area contributed by atoms with Crippen LogP contribution in [0, 0.1) is 35.5 Å². The molecule has 1 heterocycles. The number of hydrogen-bond donors (Lipinski definition) is 0. The zero-order chi connectivity index (χ0) is 25.3. The maximum Gasteiger partial charge on any atom is 0.273 e. The molecule has 2 aromatic carbocycles. The molecule has 2 aromatic rings. The molecule has 0 spiro atoms. The van der Waals surface area contributed by atoms with Gasteiger partial charge in [0.1, 0.15) is 12.3 Å².